The highest BCUT2D eigenvalue weighted by Crippen LogP contribution is 2.19. The molecule has 1 amide bonds. The summed E-state index contributed by atoms with van der Waals surface area (Å²) in [6, 6.07) is 9.87. The highest BCUT2D eigenvalue weighted by atomic mass is 32.2. The molecule has 0 aliphatic carbocycles. The van der Waals surface area contributed by atoms with Crippen molar-refractivity contribution in [1.82, 2.24) is 14.6 Å². The SMILES string of the molecule is COCCNS(=O)(=O)c1cccc(C(=O)N2CCC(OCc3cccnc3)C2)c1. The highest BCUT2D eigenvalue weighted by Gasteiger charge is 2.28. The number of benzene rings is 1. The van der Waals surface area contributed by atoms with Gasteiger partial charge in [0.05, 0.1) is 24.2 Å². The molecular weight excluding hydrogens is 394 g/mol. The molecule has 1 aliphatic rings. The maximum absolute atomic E-state index is 12.8. The number of aromatic nitrogens is 1. The van der Waals surface area contributed by atoms with Gasteiger partial charge in [-0.3, -0.25) is 9.78 Å². The molecule has 1 N–H and O–H groups in total. The molecule has 0 spiro atoms. The van der Waals surface area contributed by atoms with Crippen LogP contribution in [0.25, 0.3) is 0 Å². The van der Waals surface area contributed by atoms with Gasteiger partial charge in [0.1, 0.15) is 0 Å². The molecule has 2 aromatic rings. The van der Waals surface area contributed by atoms with Crippen molar-refractivity contribution in [3.8, 4) is 0 Å². The van der Waals surface area contributed by atoms with Gasteiger partial charge in [-0.15, -0.1) is 0 Å². The molecule has 29 heavy (non-hydrogen) atoms. The van der Waals surface area contributed by atoms with Crippen LogP contribution in [-0.4, -0.2) is 63.7 Å². The van der Waals surface area contributed by atoms with E-state index in [0.717, 1.165) is 12.0 Å². The minimum absolute atomic E-state index is 0.0539. The number of nitrogens with one attached hydrogen (secondary N) is 1. The zero-order valence-corrected chi connectivity index (χ0v) is 17.1. The van der Waals surface area contributed by atoms with Crippen molar-refractivity contribution < 1.29 is 22.7 Å². The third kappa shape index (κ3) is 5.83. The maximum atomic E-state index is 12.8. The summed E-state index contributed by atoms with van der Waals surface area (Å²) >= 11 is 0. The fourth-order valence-electron chi connectivity index (χ4n) is 3.09. The Hall–Kier alpha value is -2.33. The molecule has 0 saturated carbocycles. The summed E-state index contributed by atoms with van der Waals surface area (Å²) in [6.07, 6.45) is 4.15. The topological polar surface area (TPSA) is 97.8 Å². The number of methoxy groups -OCH3 is 1. The Morgan fingerprint density at radius 3 is 2.93 bits per heavy atom. The van der Waals surface area contributed by atoms with Crippen LogP contribution in [-0.2, 0) is 26.1 Å². The second kappa shape index (κ2) is 9.93. The molecule has 1 unspecified atom stereocenters. The van der Waals surface area contributed by atoms with Gasteiger partial charge in [-0.2, -0.15) is 0 Å². The monoisotopic (exact) mass is 419 g/mol. The summed E-state index contributed by atoms with van der Waals surface area (Å²) in [5, 5.41) is 0. The Morgan fingerprint density at radius 2 is 2.17 bits per heavy atom. The van der Waals surface area contributed by atoms with E-state index in [-0.39, 0.29) is 30.1 Å². The van der Waals surface area contributed by atoms with E-state index in [1.54, 1.807) is 29.4 Å². The molecule has 1 saturated heterocycles. The van der Waals surface area contributed by atoms with Crippen LogP contribution in [0.1, 0.15) is 22.3 Å². The largest absolute Gasteiger partial charge is 0.383 e. The number of rotatable bonds is 9. The number of pyridine rings is 1. The molecule has 1 aromatic heterocycles. The van der Waals surface area contributed by atoms with E-state index < -0.39 is 10.0 Å². The molecule has 2 heterocycles. The quantitative estimate of drug-likeness (QED) is 0.618. The fraction of sp³-hybridized carbons (Fsp3) is 0.400. The van der Waals surface area contributed by atoms with E-state index in [4.69, 9.17) is 9.47 Å². The third-order valence-electron chi connectivity index (χ3n) is 4.63. The maximum Gasteiger partial charge on any atom is 0.253 e. The van der Waals surface area contributed by atoms with Crippen LogP contribution < -0.4 is 4.72 Å². The lowest BCUT2D eigenvalue weighted by Gasteiger charge is -2.17. The number of amides is 1. The molecule has 3 rings (SSSR count). The van der Waals surface area contributed by atoms with Crippen molar-refractivity contribution in [3.05, 3.63) is 59.9 Å². The highest BCUT2D eigenvalue weighted by molar-refractivity contribution is 7.89. The van der Waals surface area contributed by atoms with E-state index in [1.807, 2.05) is 12.1 Å². The summed E-state index contributed by atoms with van der Waals surface area (Å²) in [7, 11) is -2.20. The molecule has 9 heteroatoms. The number of carbonyl (C=O) groups is 1. The summed E-state index contributed by atoms with van der Waals surface area (Å²) in [5.74, 6) is -0.202. The Balaban J connectivity index is 1.59. The molecule has 1 atom stereocenters. The predicted molar refractivity (Wildman–Crippen MR) is 107 cm³/mol. The minimum atomic E-state index is -3.69. The van der Waals surface area contributed by atoms with Crippen LogP contribution in [0.2, 0.25) is 0 Å². The number of hydrogen-bond donors (Lipinski definition) is 1. The van der Waals surface area contributed by atoms with E-state index in [9.17, 15) is 13.2 Å². The van der Waals surface area contributed by atoms with Gasteiger partial charge in [0, 0.05) is 44.7 Å². The second-order valence-electron chi connectivity index (χ2n) is 6.75. The van der Waals surface area contributed by atoms with Crippen LogP contribution in [0.4, 0.5) is 0 Å². The van der Waals surface area contributed by atoms with Gasteiger partial charge in [-0.25, -0.2) is 13.1 Å². The summed E-state index contributed by atoms with van der Waals surface area (Å²) in [6.45, 7) is 1.92. The van der Waals surface area contributed by atoms with E-state index in [0.29, 0.717) is 25.3 Å². The Bertz CT molecular complexity index is 921. The molecule has 1 aliphatic heterocycles. The second-order valence-corrected chi connectivity index (χ2v) is 8.52. The number of carbonyl (C=O) groups excluding carboxylic acids is 1. The first-order valence-electron chi connectivity index (χ1n) is 9.38. The third-order valence-corrected chi connectivity index (χ3v) is 6.09. The Kier molecular flexibility index (Phi) is 7.32. The van der Waals surface area contributed by atoms with Crippen molar-refractivity contribution in [2.24, 2.45) is 0 Å². The smallest absolute Gasteiger partial charge is 0.253 e. The predicted octanol–water partition coefficient (Wildman–Crippen LogP) is 1.44. The average molecular weight is 420 g/mol. The average Bonchev–Trinajstić information content (AvgIpc) is 3.22. The molecule has 1 aromatic carbocycles. The lowest BCUT2D eigenvalue weighted by Crippen LogP contribution is -2.31. The zero-order chi connectivity index (χ0) is 20.7. The van der Waals surface area contributed by atoms with Crippen molar-refractivity contribution in [3.63, 3.8) is 0 Å². The van der Waals surface area contributed by atoms with Gasteiger partial charge >= 0.3 is 0 Å². The normalized spacial score (nSPS) is 16.9. The van der Waals surface area contributed by atoms with Gasteiger partial charge < -0.3 is 14.4 Å². The zero-order valence-electron chi connectivity index (χ0n) is 16.3. The summed E-state index contributed by atoms with van der Waals surface area (Å²) in [4.78, 5) is 18.6. The lowest BCUT2D eigenvalue weighted by molar-refractivity contribution is 0.0436. The summed E-state index contributed by atoms with van der Waals surface area (Å²) in [5.41, 5.74) is 1.32. The minimum Gasteiger partial charge on any atom is -0.383 e. The van der Waals surface area contributed by atoms with Crippen molar-refractivity contribution in [2.75, 3.05) is 33.4 Å². The van der Waals surface area contributed by atoms with Gasteiger partial charge in [-0.1, -0.05) is 12.1 Å². The molecular formula is C20H25N3O5S. The first kappa shape index (κ1) is 21.4. The number of nitrogens with zero attached hydrogens (tertiary/aromatic N) is 2. The van der Waals surface area contributed by atoms with Gasteiger partial charge in [0.25, 0.3) is 5.91 Å². The molecule has 8 nitrogen and oxygen atoms in total. The summed E-state index contributed by atoms with van der Waals surface area (Å²) < 4.78 is 37.9. The molecule has 0 bridgehead atoms. The van der Waals surface area contributed by atoms with E-state index in [1.165, 1.54) is 19.2 Å². The van der Waals surface area contributed by atoms with Crippen LogP contribution in [0.15, 0.2) is 53.7 Å². The Labute approximate surface area is 170 Å². The number of ether oxygens (including phenoxy) is 2. The Morgan fingerprint density at radius 1 is 1.31 bits per heavy atom. The molecule has 156 valence electrons. The molecule has 0 radical (unpaired) electrons. The van der Waals surface area contributed by atoms with Gasteiger partial charge in [0.2, 0.25) is 10.0 Å². The van der Waals surface area contributed by atoms with Crippen LogP contribution >= 0.6 is 0 Å². The standard InChI is InChI=1S/C20H25N3O5S/c1-27-11-9-22-29(25,26)19-6-2-5-17(12-19)20(24)23-10-7-18(14-23)28-15-16-4-3-8-21-13-16/h2-6,8,12-13,18,22H,7,9-11,14-15H2,1H3. The van der Waals surface area contributed by atoms with E-state index in [2.05, 4.69) is 9.71 Å². The number of sulfonamides is 1. The van der Waals surface area contributed by atoms with Gasteiger partial charge in [-0.05, 0) is 36.2 Å². The van der Waals surface area contributed by atoms with Crippen LogP contribution in [0.5, 0.6) is 0 Å². The van der Waals surface area contributed by atoms with E-state index >= 15 is 0 Å². The lowest BCUT2D eigenvalue weighted by atomic mass is 10.2. The first-order valence-corrected chi connectivity index (χ1v) is 10.9. The van der Waals surface area contributed by atoms with Crippen molar-refractivity contribution >= 4 is 15.9 Å². The van der Waals surface area contributed by atoms with Gasteiger partial charge in [0.15, 0.2) is 0 Å². The number of hydrogen-bond acceptors (Lipinski definition) is 6. The van der Waals surface area contributed by atoms with Crippen molar-refractivity contribution in [1.29, 1.82) is 0 Å². The van der Waals surface area contributed by atoms with Crippen LogP contribution in [0, 0.1) is 0 Å². The molecule has 1 fully saturated rings. The number of likely N-dealkylation sites (tertiary alicyclic amines) is 1. The van der Waals surface area contributed by atoms with Crippen LogP contribution in [0.3, 0.4) is 0 Å². The fourth-order valence-corrected chi connectivity index (χ4v) is 4.15. The first-order chi connectivity index (χ1) is 14.0. The van der Waals surface area contributed by atoms with Crippen molar-refractivity contribution in [2.45, 2.75) is 24.0 Å².